The Bertz CT molecular complexity index is 619. The Labute approximate surface area is 106 Å². The van der Waals surface area contributed by atoms with Gasteiger partial charge in [0.2, 0.25) is 0 Å². The summed E-state index contributed by atoms with van der Waals surface area (Å²) in [7, 11) is 0. The van der Waals surface area contributed by atoms with Crippen molar-refractivity contribution in [3.8, 4) is 0 Å². The molecule has 2 heteroatoms. The van der Waals surface area contributed by atoms with Gasteiger partial charge in [-0.3, -0.25) is 4.79 Å². The van der Waals surface area contributed by atoms with Crippen molar-refractivity contribution in [1.29, 1.82) is 0 Å². The van der Waals surface area contributed by atoms with Crippen LogP contribution in [0.4, 0.5) is 0 Å². The Balaban J connectivity index is 1.75. The predicted octanol–water partition coefficient (Wildman–Crippen LogP) is 2.93. The van der Waals surface area contributed by atoms with Crippen LogP contribution in [0.15, 0.2) is 42.5 Å². The quantitative estimate of drug-likeness (QED) is 0.746. The van der Waals surface area contributed by atoms with Crippen LogP contribution in [0, 0.1) is 11.8 Å². The molecule has 2 atom stereocenters. The molecule has 1 saturated heterocycles. The molecule has 4 rings (SSSR count). The molecule has 0 radical (unpaired) electrons. The van der Waals surface area contributed by atoms with Crippen LogP contribution in [0.1, 0.15) is 16.8 Å². The lowest BCUT2D eigenvalue weighted by molar-refractivity contribution is 0.0777. The molecule has 2 fully saturated rings. The molecular formula is C16H15NO. The lowest BCUT2D eigenvalue weighted by atomic mass is 10.0. The molecule has 1 heterocycles. The van der Waals surface area contributed by atoms with Gasteiger partial charge < -0.3 is 4.90 Å². The minimum Gasteiger partial charge on any atom is -0.338 e. The van der Waals surface area contributed by atoms with E-state index in [0.29, 0.717) is 0 Å². The third kappa shape index (κ3) is 1.45. The van der Waals surface area contributed by atoms with Gasteiger partial charge in [0.05, 0.1) is 0 Å². The number of fused-ring (bicyclic) bond motifs is 2. The van der Waals surface area contributed by atoms with Gasteiger partial charge in [-0.2, -0.15) is 0 Å². The normalized spacial score (nSPS) is 25.2. The highest BCUT2D eigenvalue weighted by atomic mass is 16.2. The van der Waals surface area contributed by atoms with E-state index in [2.05, 4.69) is 12.1 Å². The molecule has 0 spiro atoms. The maximum absolute atomic E-state index is 12.6. The average Bonchev–Trinajstić information content (AvgIpc) is 3.04. The van der Waals surface area contributed by atoms with E-state index < -0.39 is 0 Å². The van der Waals surface area contributed by atoms with E-state index in [-0.39, 0.29) is 5.91 Å². The fraction of sp³-hybridized carbons (Fsp3) is 0.312. The van der Waals surface area contributed by atoms with Crippen LogP contribution >= 0.6 is 0 Å². The molecule has 1 amide bonds. The van der Waals surface area contributed by atoms with Gasteiger partial charge in [0.15, 0.2) is 0 Å². The van der Waals surface area contributed by atoms with Gasteiger partial charge in [0.25, 0.3) is 5.91 Å². The third-order valence-electron chi connectivity index (χ3n) is 4.29. The molecule has 1 aliphatic heterocycles. The Morgan fingerprint density at radius 2 is 1.72 bits per heavy atom. The van der Waals surface area contributed by atoms with Crippen molar-refractivity contribution in [1.82, 2.24) is 4.90 Å². The predicted molar refractivity (Wildman–Crippen MR) is 71.4 cm³/mol. The van der Waals surface area contributed by atoms with E-state index in [0.717, 1.165) is 41.3 Å². The van der Waals surface area contributed by atoms with E-state index >= 15 is 0 Å². The number of hydrogen-bond acceptors (Lipinski definition) is 1. The second-order valence-electron chi connectivity index (χ2n) is 5.49. The highest BCUT2D eigenvalue weighted by Gasteiger charge is 2.46. The molecule has 90 valence electrons. The first-order valence-corrected chi connectivity index (χ1v) is 6.60. The average molecular weight is 237 g/mol. The van der Waals surface area contributed by atoms with Gasteiger partial charge in [-0.25, -0.2) is 0 Å². The first-order valence-electron chi connectivity index (χ1n) is 6.60. The van der Waals surface area contributed by atoms with Crippen molar-refractivity contribution in [2.75, 3.05) is 13.1 Å². The zero-order valence-electron chi connectivity index (χ0n) is 10.2. The summed E-state index contributed by atoms with van der Waals surface area (Å²) in [5.74, 6) is 1.80. The number of nitrogens with zero attached hydrogens (tertiary/aromatic N) is 1. The number of hydrogen-bond donors (Lipinski definition) is 0. The molecule has 0 aromatic heterocycles. The van der Waals surface area contributed by atoms with Crippen molar-refractivity contribution in [2.45, 2.75) is 6.42 Å². The maximum Gasteiger partial charge on any atom is 0.254 e. The van der Waals surface area contributed by atoms with Crippen LogP contribution in [0.3, 0.4) is 0 Å². The molecule has 18 heavy (non-hydrogen) atoms. The Hall–Kier alpha value is -1.83. The summed E-state index contributed by atoms with van der Waals surface area (Å²) in [5, 5.41) is 2.22. The molecule has 2 nitrogen and oxygen atoms in total. The number of rotatable bonds is 1. The number of amides is 1. The molecule has 1 aliphatic carbocycles. The van der Waals surface area contributed by atoms with Crippen LogP contribution in [0.2, 0.25) is 0 Å². The number of carbonyl (C=O) groups is 1. The summed E-state index contributed by atoms with van der Waals surface area (Å²) in [4.78, 5) is 14.6. The Kier molecular flexibility index (Phi) is 2.01. The van der Waals surface area contributed by atoms with Crippen molar-refractivity contribution in [2.24, 2.45) is 11.8 Å². The molecular weight excluding hydrogens is 222 g/mol. The first-order chi connectivity index (χ1) is 8.83. The van der Waals surface area contributed by atoms with Crippen LogP contribution in [0.25, 0.3) is 10.8 Å². The summed E-state index contributed by atoms with van der Waals surface area (Å²) in [6, 6.07) is 14.1. The molecule has 0 N–H and O–H groups in total. The summed E-state index contributed by atoms with van der Waals surface area (Å²) >= 11 is 0. The van der Waals surface area contributed by atoms with Gasteiger partial charge in [-0.05, 0) is 35.1 Å². The van der Waals surface area contributed by atoms with Crippen molar-refractivity contribution in [3.05, 3.63) is 48.0 Å². The minimum absolute atomic E-state index is 0.207. The Morgan fingerprint density at radius 1 is 1.00 bits per heavy atom. The van der Waals surface area contributed by atoms with Gasteiger partial charge in [-0.1, -0.05) is 36.4 Å². The smallest absolute Gasteiger partial charge is 0.254 e. The summed E-state index contributed by atoms with van der Waals surface area (Å²) < 4.78 is 0. The van der Waals surface area contributed by atoms with E-state index in [1.807, 2.05) is 35.2 Å². The second kappa shape index (κ2) is 3.58. The zero-order chi connectivity index (χ0) is 12.1. The van der Waals surface area contributed by atoms with Gasteiger partial charge in [0, 0.05) is 18.7 Å². The molecule has 2 aromatic carbocycles. The van der Waals surface area contributed by atoms with Crippen LogP contribution < -0.4 is 0 Å². The third-order valence-corrected chi connectivity index (χ3v) is 4.29. The van der Waals surface area contributed by atoms with Gasteiger partial charge >= 0.3 is 0 Å². The number of piperidine rings is 1. The van der Waals surface area contributed by atoms with E-state index in [4.69, 9.17) is 0 Å². The van der Waals surface area contributed by atoms with Gasteiger partial charge in [-0.15, -0.1) is 0 Å². The molecule has 2 aliphatic rings. The topological polar surface area (TPSA) is 20.3 Å². The lowest BCUT2D eigenvalue weighted by Crippen LogP contribution is -2.30. The summed E-state index contributed by atoms with van der Waals surface area (Å²) in [6.45, 7) is 1.93. The van der Waals surface area contributed by atoms with E-state index in [1.54, 1.807) is 0 Å². The fourth-order valence-corrected chi connectivity index (χ4v) is 3.15. The van der Waals surface area contributed by atoms with E-state index in [9.17, 15) is 4.79 Å². The molecule has 2 unspecified atom stereocenters. The lowest BCUT2D eigenvalue weighted by Gasteiger charge is -2.18. The summed E-state index contributed by atoms with van der Waals surface area (Å²) in [5.41, 5.74) is 0.856. The van der Waals surface area contributed by atoms with Crippen molar-refractivity contribution in [3.63, 3.8) is 0 Å². The maximum atomic E-state index is 12.6. The second-order valence-corrected chi connectivity index (χ2v) is 5.49. The number of benzene rings is 2. The molecule has 1 saturated carbocycles. The first kappa shape index (κ1) is 10.1. The summed E-state index contributed by atoms with van der Waals surface area (Å²) in [6.07, 6.45) is 1.33. The Morgan fingerprint density at radius 3 is 2.56 bits per heavy atom. The zero-order valence-corrected chi connectivity index (χ0v) is 10.2. The molecule has 2 aromatic rings. The van der Waals surface area contributed by atoms with Crippen LogP contribution in [0.5, 0.6) is 0 Å². The van der Waals surface area contributed by atoms with Crippen LogP contribution in [-0.2, 0) is 0 Å². The van der Waals surface area contributed by atoms with Crippen molar-refractivity contribution < 1.29 is 4.79 Å². The van der Waals surface area contributed by atoms with Crippen LogP contribution in [-0.4, -0.2) is 23.9 Å². The monoisotopic (exact) mass is 237 g/mol. The SMILES string of the molecule is O=C(c1cccc2ccccc12)N1CC2CC2C1. The van der Waals surface area contributed by atoms with Gasteiger partial charge in [0.1, 0.15) is 0 Å². The van der Waals surface area contributed by atoms with Crippen molar-refractivity contribution >= 4 is 16.7 Å². The standard InChI is InChI=1S/C16H15NO/c18-16(17-9-12-8-13(12)10-17)15-7-3-5-11-4-1-2-6-14(11)15/h1-7,12-13H,8-10H2. The highest BCUT2D eigenvalue weighted by molar-refractivity contribution is 6.07. The number of likely N-dealkylation sites (tertiary alicyclic amines) is 1. The molecule has 0 bridgehead atoms. The fourth-order valence-electron chi connectivity index (χ4n) is 3.15. The number of carbonyl (C=O) groups excluding carboxylic acids is 1. The highest BCUT2D eigenvalue weighted by Crippen LogP contribution is 2.45. The van der Waals surface area contributed by atoms with E-state index in [1.165, 1.54) is 6.42 Å². The largest absolute Gasteiger partial charge is 0.338 e. The minimum atomic E-state index is 0.207.